The van der Waals surface area contributed by atoms with E-state index in [1.165, 1.54) is 12.3 Å². The number of carbonyl (C=O) groups excluding carboxylic acids is 1. The maximum atomic E-state index is 11.5. The van der Waals surface area contributed by atoms with Gasteiger partial charge in [0.1, 0.15) is 5.82 Å². The van der Waals surface area contributed by atoms with Gasteiger partial charge < -0.3 is 15.2 Å². The molecular formula is C32H30N6O. The van der Waals surface area contributed by atoms with Crippen molar-refractivity contribution in [2.75, 3.05) is 10.6 Å². The molecule has 0 saturated carbocycles. The van der Waals surface area contributed by atoms with Crippen molar-refractivity contribution >= 4 is 39.3 Å². The van der Waals surface area contributed by atoms with E-state index in [0.717, 1.165) is 44.5 Å². The van der Waals surface area contributed by atoms with Gasteiger partial charge in [0, 0.05) is 55.5 Å². The van der Waals surface area contributed by atoms with Crippen LogP contribution in [0.1, 0.15) is 25.5 Å². The summed E-state index contributed by atoms with van der Waals surface area (Å²) >= 11 is 0. The van der Waals surface area contributed by atoms with E-state index in [-0.39, 0.29) is 11.9 Å². The maximum Gasteiger partial charge on any atom is 0.222 e. The summed E-state index contributed by atoms with van der Waals surface area (Å²) in [5, 5.41) is 7.60. The van der Waals surface area contributed by atoms with E-state index in [4.69, 9.17) is 0 Å². The minimum absolute atomic E-state index is 0.164. The van der Waals surface area contributed by atoms with Crippen LogP contribution in [0, 0.1) is 0 Å². The molecule has 7 nitrogen and oxygen atoms in total. The van der Waals surface area contributed by atoms with Crippen LogP contribution in [-0.2, 0) is 11.8 Å². The second kappa shape index (κ2) is 11.1. The molecule has 5 rings (SSSR count). The third-order valence-electron chi connectivity index (χ3n) is 6.56. The first-order chi connectivity index (χ1) is 19.0. The summed E-state index contributed by atoms with van der Waals surface area (Å²) in [5.74, 6) is 0.338. The Morgan fingerprint density at radius 1 is 1.05 bits per heavy atom. The summed E-state index contributed by atoms with van der Waals surface area (Å²) in [4.78, 5) is 25.2. The summed E-state index contributed by atoms with van der Waals surface area (Å²) in [7, 11) is 2.05. The molecule has 0 bridgehead atoms. The Bertz CT molecular complexity index is 1730. The fourth-order valence-corrected chi connectivity index (χ4v) is 4.65. The molecule has 7 heteroatoms. The summed E-state index contributed by atoms with van der Waals surface area (Å²) in [5.41, 5.74) is 7.59. The molecule has 0 saturated heterocycles. The van der Waals surface area contributed by atoms with Crippen LogP contribution in [0.4, 0.5) is 11.5 Å². The van der Waals surface area contributed by atoms with Crippen molar-refractivity contribution in [3.63, 3.8) is 0 Å². The molecule has 0 aliphatic rings. The topological polar surface area (TPSA) is 84.7 Å². The third kappa shape index (κ3) is 5.48. The number of nitrogens with zero attached hydrogens (tertiary/aromatic N) is 4. The number of benzene rings is 2. The number of allylic oxidation sites excluding steroid dienone is 3. The average Bonchev–Trinajstić information content (AvgIpc) is 3.32. The molecule has 0 aliphatic carbocycles. The first-order valence-electron chi connectivity index (χ1n) is 12.7. The van der Waals surface area contributed by atoms with Crippen molar-refractivity contribution in [2.45, 2.75) is 19.9 Å². The zero-order valence-electron chi connectivity index (χ0n) is 22.2. The molecular weight excluding hydrogens is 484 g/mol. The summed E-state index contributed by atoms with van der Waals surface area (Å²) in [6.07, 6.45) is 15.1. The number of nitrogens with one attached hydrogen (secondary N) is 2. The van der Waals surface area contributed by atoms with E-state index < -0.39 is 0 Å². The van der Waals surface area contributed by atoms with Crippen molar-refractivity contribution in [2.24, 2.45) is 7.05 Å². The van der Waals surface area contributed by atoms with E-state index >= 15 is 0 Å². The quantitative estimate of drug-likeness (QED) is 0.218. The lowest BCUT2D eigenvalue weighted by Gasteiger charge is -2.23. The van der Waals surface area contributed by atoms with Crippen LogP contribution < -0.4 is 10.6 Å². The van der Waals surface area contributed by atoms with Gasteiger partial charge >= 0.3 is 0 Å². The predicted octanol–water partition coefficient (Wildman–Crippen LogP) is 6.98. The van der Waals surface area contributed by atoms with Crippen LogP contribution >= 0.6 is 0 Å². The van der Waals surface area contributed by atoms with Crippen LogP contribution in [0.15, 0.2) is 110 Å². The van der Waals surface area contributed by atoms with Crippen molar-refractivity contribution in [1.82, 2.24) is 19.5 Å². The number of hydrogen-bond acceptors (Lipinski definition) is 5. The van der Waals surface area contributed by atoms with Gasteiger partial charge in [-0.1, -0.05) is 49.1 Å². The minimum Gasteiger partial charge on any atom is -0.374 e. The molecule has 194 valence electrons. The number of anilines is 2. The van der Waals surface area contributed by atoms with Crippen LogP contribution in [-0.4, -0.2) is 25.4 Å². The molecule has 1 unspecified atom stereocenters. The average molecular weight is 515 g/mol. The van der Waals surface area contributed by atoms with Gasteiger partial charge in [-0.15, -0.1) is 0 Å². The molecule has 3 aromatic heterocycles. The SMILES string of the molecule is C=C/C(=C\C=C/C)C(Nc1cc(-c2ccc3ccn(C)c3c2)c2nccnc2c1)c1ccc(NC(C)=O)nc1. The van der Waals surface area contributed by atoms with E-state index in [9.17, 15) is 4.79 Å². The third-order valence-corrected chi connectivity index (χ3v) is 6.56. The Balaban J connectivity index is 1.61. The molecule has 1 amide bonds. The highest BCUT2D eigenvalue weighted by Crippen LogP contribution is 2.35. The Morgan fingerprint density at radius 2 is 1.90 bits per heavy atom. The number of aryl methyl sites for hydroxylation is 1. The normalized spacial score (nSPS) is 12.6. The molecule has 3 heterocycles. The van der Waals surface area contributed by atoms with E-state index in [1.54, 1.807) is 24.7 Å². The van der Waals surface area contributed by atoms with Crippen molar-refractivity contribution in [3.8, 4) is 11.1 Å². The van der Waals surface area contributed by atoms with Gasteiger partial charge in [0.25, 0.3) is 0 Å². The molecule has 0 spiro atoms. The predicted molar refractivity (Wildman–Crippen MR) is 159 cm³/mol. The van der Waals surface area contributed by atoms with Gasteiger partial charge in [-0.05, 0) is 59.3 Å². The maximum absolute atomic E-state index is 11.5. The zero-order chi connectivity index (χ0) is 27.4. The number of rotatable bonds is 8. The van der Waals surface area contributed by atoms with Gasteiger partial charge in [0.15, 0.2) is 0 Å². The molecule has 2 N–H and O–H groups in total. The number of amides is 1. The second-order valence-electron chi connectivity index (χ2n) is 9.28. The molecule has 0 fully saturated rings. The van der Waals surface area contributed by atoms with Crippen molar-refractivity contribution in [1.29, 1.82) is 0 Å². The van der Waals surface area contributed by atoms with Crippen LogP contribution in [0.25, 0.3) is 33.1 Å². The van der Waals surface area contributed by atoms with Gasteiger partial charge in [-0.25, -0.2) is 4.98 Å². The van der Waals surface area contributed by atoms with Crippen LogP contribution in [0.3, 0.4) is 0 Å². The second-order valence-corrected chi connectivity index (χ2v) is 9.28. The lowest BCUT2D eigenvalue weighted by Crippen LogP contribution is -2.14. The van der Waals surface area contributed by atoms with E-state index in [2.05, 4.69) is 73.3 Å². The number of carbonyl (C=O) groups is 1. The number of fused-ring (bicyclic) bond motifs is 2. The first kappa shape index (κ1) is 25.6. The summed E-state index contributed by atoms with van der Waals surface area (Å²) < 4.78 is 2.12. The molecule has 2 aromatic carbocycles. The summed E-state index contributed by atoms with van der Waals surface area (Å²) in [6.45, 7) is 7.50. The number of hydrogen-bond donors (Lipinski definition) is 2. The van der Waals surface area contributed by atoms with E-state index in [0.29, 0.717) is 5.82 Å². The molecule has 1 atom stereocenters. The molecule has 5 aromatic rings. The Kier molecular flexibility index (Phi) is 7.32. The molecule has 0 radical (unpaired) electrons. The van der Waals surface area contributed by atoms with Gasteiger partial charge in [-0.3, -0.25) is 14.8 Å². The highest BCUT2D eigenvalue weighted by molar-refractivity contribution is 5.97. The lowest BCUT2D eigenvalue weighted by molar-refractivity contribution is -0.114. The Labute approximate surface area is 227 Å². The Morgan fingerprint density at radius 3 is 2.64 bits per heavy atom. The van der Waals surface area contributed by atoms with E-state index in [1.807, 2.05) is 50.4 Å². The number of pyridine rings is 1. The highest BCUT2D eigenvalue weighted by Gasteiger charge is 2.18. The van der Waals surface area contributed by atoms with Crippen molar-refractivity contribution in [3.05, 3.63) is 115 Å². The largest absolute Gasteiger partial charge is 0.374 e. The van der Waals surface area contributed by atoms with Gasteiger partial charge in [0.2, 0.25) is 5.91 Å². The Hall–Kier alpha value is -5.04. The molecule has 0 aliphatic heterocycles. The monoisotopic (exact) mass is 514 g/mol. The van der Waals surface area contributed by atoms with Gasteiger partial charge in [-0.2, -0.15) is 0 Å². The highest BCUT2D eigenvalue weighted by atomic mass is 16.1. The first-order valence-corrected chi connectivity index (χ1v) is 12.7. The lowest BCUT2D eigenvalue weighted by atomic mass is 9.97. The fourth-order valence-electron chi connectivity index (χ4n) is 4.65. The standard InChI is InChI=1S/C32H30N6O/c1-5-7-8-22(6-2)31(25-11-12-30(35-20-25)36-21(3)39)37-26-18-27(32-28(19-26)33-14-15-34-32)24-10-9-23-13-16-38(4)29(23)17-24/h5-20,31,37H,2H2,1,3-4H3,(H,35,36,39)/b7-5-,22-8+. The smallest absolute Gasteiger partial charge is 0.222 e. The van der Waals surface area contributed by atoms with Gasteiger partial charge in [0.05, 0.1) is 17.1 Å². The summed E-state index contributed by atoms with van der Waals surface area (Å²) in [6, 6.07) is 16.2. The fraction of sp³-hybridized carbons (Fsp3) is 0.125. The van der Waals surface area contributed by atoms with Crippen LogP contribution in [0.5, 0.6) is 0 Å². The van der Waals surface area contributed by atoms with Crippen LogP contribution in [0.2, 0.25) is 0 Å². The number of aromatic nitrogens is 4. The molecule has 39 heavy (non-hydrogen) atoms. The minimum atomic E-state index is -0.255. The van der Waals surface area contributed by atoms with Crippen molar-refractivity contribution < 1.29 is 4.79 Å². The zero-order valence-corrected chi connectivity index (χ0v) is 22.2.